The Morgan fingerprint density at radius 2 is 1.67 bits per heavy atom. The third-order valence-electron chi connectivity index (χ3n) is 2.77. The fourth-order valence-electron chi connectivity index (χ4n) is 1.97. The van der Waals surface area contributed by atoms with Crippen LogP contribution in [0.3, 0.4) is 0 Å². The number of hydrogen-bond acceptors (Lipinski definition) is 2. The molecule has 1 aliphatic heterocycles. The van der Waals surface area contributed by atoms with E-state index in [1.165, 1.54) is 0 Å². The van der Waals surface area contributed by atoms with Crippen molar-refractivity contribution in [1.29, 1.82) is 0 Å². The predicted octanol–water partition coefficient (Wildman–Crippen LogP) is 1.02. The molecule has 1 heterocycles. The van der Waals surface area contributed by atoms with E-state index in [0.717, 1.165) is 10.8 Å². The standard InChI is InChI=1S/C15H11NO2/c17-14-10-18-15(11-6-2-1-3-7-11)12-8-4-5-9-13(12)16-14/h1-9H,10H2. The molecule has 0 saturated heterocycles. The van der Waals surface area contributed by atoms with Crippen LogP contribution in [0.15, 0.2) is 59.6 Å². The molecule has 3 rings (SSSR count). The van der Waals surface area contributed by atoms with Crippen molar-refractivity contribution >= 4 is 11.7 Å². The molecule has 3 nitrogen and oxygen atoms in total. The minimum Gasteiger partial charge on any atom is -0.482 e. The molecular formula is C15H11NO2. The summed E-state index contributed by atoms with van der Waals surface area (Å²) in [4.78, 5) is 15.5. The van der Waals surface area contributed by atoms with Crippen LogP contribution in [0.2, 0.25) is 0 Å². The first-order valence-electron chi connectivity index (χ1n) is 5.74. The van der Waals surface area contributed by atoms with Crippen molar-refractivity contribution in [2.24, 2.45) is 4.99 Å². The molecule has 0 spiro atoms. The topological polar surface area (TPSA) is 38.7 Å². The third kappa shape index (κ3) is 1.91. The van der Waals surface area contributed by atoms with Crippen molar-refractivity contribution in [3.63, 3.8) is 0 Å². The molecule has 2 aromatic carbocycles. The van der Waals surface area contributed by atoms with Gasteiger partial charge in [-0.1, -0.05) is 42.5 Å². The second kappa shape index (κ2) is 4.45. The fourth-order valence-corrected chi connectivity index (χ4v) is 1.97. The van der Waals surface area contributed by atoms with E-state index in [1.807, 2.05) is 54.6 Å². The average molecular weight is 237 g/mol. The maximum Gasteiger partial charge on any atom is 0.284 e. The van der Waals surface area contributed by atoms with Crippen molar-refractivity contribution in [2.75, 3.05) is 6.61 Å². The number of fused-ring (bicyclic) bond motifs is 1. The summed E-state index contributed by atoms with van der Waals surface area (Å²) in [5, 5.41) is 1.52. The Hall–Kier alpha value is -2.42. The van der Waals surface area contributed by atoms with E-state index in [0.29, 0.717) is 11.1 Å². The zero-order valence-corrected chi connectivity index (χ0v) is 9.67. The number of benzene rings is 2. The maximum absolute atomic E-state index is 11.5. The second-order valence-corrected chi connectivity index (χ2v) is 4.01. The van der Waals surface area contributed by atoms with Gasteiger partial charge in [-0.3, -0.25) is 4.79 Å². The first kappa shape index (κ1) is 10.7. The molecule has 18 heavy (non-hydrogen) atoms. The lowest BCUT2D eigenvalue weighted by Gasteiger charge is -2.07. The number of hydrogen-bond donors (Lipinski definition) is 0. The summed E-state index contributed by atoms with van der Waals surface area (Å²) in [6.07, 6.45) is 0. The van der Waals surface area contributed by atoms with Crippen LogP contribution >= 0.6 is 0 Å². The number of para-hydroxylation sites is 1. The summed E-state index contributed by atoms with van der Waals surface area (Å²) >= 11 is 0. The number of carbonyl (C=O) groups is 1. The van der Waals surface area contributed by atoms with Crippen molar-refractivity contribution in [1.82, 2.24) is 0 Å². The van der Waals surface area contributed by atoms with Crippen molar-refractivity contribution in [2.45, 2.75) is 0 Å². The summed E-state index contributed by atoms with van der Waals surface area (Å²) in [6, 6.07) is 17.3. The van der Waals surface area contributed by atoms with Crippen LogP contribution in [-0.4, -0.2) is 12.5 Å². The Labute approximate surface area is 104 Å². The molecule has 0 fully saturated rings. The molecule has 0 aromatic heterocycles. The third-order valence-corrected chi connectivity index (χ3v) is 2.77. The Morgan fingerprint density at radius 3 is 2.50 bits per heavy atom. The molecule has 0 saturated carbocycles. The van der Waals surface area contributed by atoms with Gasteiger partial charge in [-0.2, -0.15) is 0 Å². The molecule has 0 bridgehead atoms. The summed E-state index contributed by atoms with van der Waals surface area (Å²) in [7, 11) is 0. The quantitative estimate of drug-likeness (QED) is 0.742. The van der Waals surface area contributed by atoms with Gasteiger partial charge >= 0.3 is 0 Å². The molecule has 88 valence electrons. The zero-order chi connectivity index (χ0) is 12.4. The number of ether oxygens (including phenoxy) is 1. The molecule has 2 aromatic rings. The molecule has 0 radical (unpaired) electrons. The van der Waals surface area contributed by atoms with Crippen molar-refractivity contribution in [3.8, 4) is 0 Å². The highest BCUT2D eigenvalue weighted by molar-refractivity contribution is 5.80. The van der Waals surface area contributed by atoms with Crippen molar-refractivity contribution in [3.05, 3.63) is 70.7 Å². The van der Waals surface area contributed by atoms with E-state index >= 15 is 0 Å². The Kier molecular flexibility index (Phi) is 2.65. The van der Waals surface area contributed by atoms with E-state index in [-0.39, 0.29) is 12.5 Å². The molecule has 1 aliphatic rings. The van der Waals surface area contributed by atoms with Gasteiger partial charge in [0.25, 0.3) is 5.91 Å². The van der Waals surface area contributed by atoms with Crippen LogP contribution in [0.25, 0.3) is 5.76 Å². The minimum absolute atomic E-state index is 0.0150. The minimum atomic E-state index is -0.256. The number of nitrogens with zero attached hydrogens (tertiary/aromatic N) is 1. The van der Waals surface area contributed by atoms with E-state index in [1.54, 1.807) is 0 Å². The summed E-state index contributed by atoms with van der Waals surface area (Å²) < 4.78 is 5.60. The van der Waals surface area contributed by atoms with Gasteiger partial charge in [0.2, 0.25) is 0 Å². The van der Waals surface area contributed by atoms with Gasteiger partial charge in [0.1, 0.15) is 5.76 Å². The van der Waals surface area contributed by atoms with Crippen LogP contribution in [0.5, 0.6) is 0 Å². The SMILES string of the molecule is O=C1COC(c2ccccc2)=c2ccccc2=N1. The lowest BCUT2D eigenvalue weighted by molar-refractivity contribution is -0.120. The first-order valence-corrected chi connectivity index (χ1v) is 5.74. The monoisotopic (exact) mass is 237 g/mol. The average Bonchev–Trinajstić information content (AvgIpc) is 2.58. The van der Waals surface area contributed by atoms with Gasteiger partial charge in [-0.05, 0) is 12.1 Å². The number of carbonyl (C=O) groups excluding carboxylic acids is 1. The van der Waals surface area contributed by atoms with Gasteiger partial charge < -0.3 is 4.74 Å². The summed E-state index contributed by atoms with van der Waals surface area (Å²) in [5.74, 6) is 0.453. The highest BCUT2D eigenvalue weighted by Gasteiger charge is 2.11. The highest BCUT2D eigenvalue weighted by atomic mass is 16.5. The molecular weight excluding hydrogens is 226 g/mol. The van der Waals surface area contributed by atoms with Gasteiger partial charge in [-0.15, -0.1) is 0 Å². The number of rotatable bonds is 1. The molecule has 1 amide bonds. The summed E-state index contributed by atoms with van der Waals surface area (Å²) in [5.41, 5.74) is 0.954. The molecule has 0 N–H and O–H groups in total. The van der Waals surface area contributed by atoms with Gasteiger partial charge in [0.15, 0.2) is 6.61 Å². The van der Waals surface area contributed by atoms with E-state index in [4.69, 9.17) is 4.74 Å². The van der Waals surface area contributed by atoms with Crippen LogP contribution in [-0.2, 0) is 9.53 Å². The Morgan fingerprint density at radius 1 is 0.944 bits per heavy atom. The lowest BCUT2D eigenvalue weighted by Crippen LogP contribution is -2.27. The highest BCUT2D eigenvalue weighted by Crippen LogP contribution is 2.12. The fraction of sp³-hybridized carbons (Fsp3) is 0.0667. The van der Waals surface area contributed by atoms with E-state index in [9.17, 15) is 4.79 Å². The van der Waals surface area contributed by atoms with Crippen LogP contribution in [0.4, 0.5) is 0 Å². The molecule has 3 heteroatoms. The smallest absolute Gasteiger partial charge is 0.284 e. The second-order valence-electron chi connectivity index (χ2n) is 4.01. The van der Waals surface area contributed by atoms with Gasteiger partial charge in [0, 0.05) is 10.8 Å². The normalized spacial score (nSPS) is 14.2. The van der Waals surface area contributed by atoms with Gasteiger partial charge in [-0.25, -0.2) is 4.99 Å². The largest absolute Gasteiger partial charge is 0.482 e. The van der Waals surface area contributed by atoms with Crippen LogP contribution in [0.1, 0.15) is 5.56 Å². The van der Waals surface area contributed by atoms with Crippen molar-refractivity contribution < 1.29 is 9.53 Å². The van der Waals surface area contributed by atoms with Crippen LogP contribution in [0, 0.1) is 0 Å². The lowest BCUT2D eigenvalue weighted by atomic mass is 10.1. The molecule has 0 aliphatic carbocycles. The van der Waals surface area contributed by atoms with E-state index < -0.39 is 0 Å². The van der Waals surface area contributed by atoms with E-state index in [2.05, 4.69) is 4.99 Å². The van der Waals surface area contributed by atoms with Gasteiger partial charge in [0.05, 0.1) is 5.36 Å². The number of amides is 1. The van der Waals surface area contributed by atoms with Crippen LogP contribution < -0.4 is 10.6 Å². The first-order chi connectivity index (χ1) is 8.84. The molecule has 0 unspecified atom stereocenters. The Balaban J connectivity index is 2.35. The maximum atomic E-state index is 11.5. The predicted molar refractivity (Wildman–Crippen MR) is 67.1 cm³/mol. The zero-order valence-electron chi connectivity index (χ0n) is 9.67. The Bertz CT molecular complexity index is 705. The molecule has 0 atom stereocenters. The summed E-state index contributed by atoms with van der Waals surface area (Å²) in [6.45, 7) is -0.0150.